The molecule has 3 aromatic rings. The molecule has 9 heteroatoms. The molecule has 3 aromatic carbocycles. The maximum absolute atomic E-state index is 10.4. The van der Waals surface area contributed by atoms with Crippen LogP contribution in [0.25, 0.3) is 0 Å². The molecule has 0 saturated carbocycles. The highest BCUT2D eigenvalue weighted by Crippen LogP contribution is 2.33. The van der Waals surface area contributed by atoms with Crippen molar-refractivity contribution >= 4 is 5.97 Å². The molecule has 0 bridgehead atoms. The first-order valence-corrected chi connectivity index (χ1v) is 12.4. The zero-order chi connectivity index (χ0) is 27.3. The van der Waals surface area contributed by atoms with Gasteiger partial charge < -0.3 is 40.0 Å². The first-order valence-electron chi connectivity index (χ1n) is 12.4. The number of hydrogen-bond donors (Lipinski definition) is 5. The van der Waals surface area contributed by atoms with Gasteiger partial charge >= 0.3 is 0 Å². The lowest BCUT2D eigenvalue weighted by atomic mass is 10.1. The van der Waals surface area contributed by atoms with Gasteiger partial charge in [-0.3, -0.25) is 4.79 Å². The minimum absolute atomic E-state index is 0.0232. The quantitative estimate of drug-likeness (QED) is 0.239. The highest BCUT2D eigenvalue weighted by molar-refractivity contribution is 5.63. The molecule has 0 aliphatic carbocycles. The largest absolute Gasteiger partial charge is 0.508 e. The van der Waals surface area contributed by atoms with Gasteiger partial charge in [-0.1, -0.05) is 42.5 Å². The van der Waals surface area contributed by atoms with Crippen molar-refractivity contribution in [2.75, 3.05) is 26.3 Å². The number of rotatable bonds is 11. The van der Waals surface area contributed by atoms with E-state index in [9.17, 15) is 15.3 Å². The Hall–Kier alpha value is -3.63. The fourth-order valence-electron chi connectivity index (χ4n) is 3.81. The van der Waals surface area contributed by atoms with Crippen molar-refractivity contribution in [3.63, 3.8) is 0 Å². The number of carboxylic acids is 1. The fraction of sp³-hybridized carbons (Fsp3) is 0.345. The molecule has 4 rings (SSSR count). The average Bonchev–Trinajstić information content (AvgIpc) is 2.91. The summed E-state index contributed by atoms with van der Waals surface area (Å²) in [5, 5.41) is 40.0. The van der Waals surface area contributed by atoms with Gasteiger partial charge in [-0.05, 0) is 53.9 Å². The first-order chi connectivity index (χ1) is 18.4. The zero-order valence-electron chi connectivity index (χ0n) is 21.4. The third-order valence-electron chi connectivity index (χ3n) is 5.73. The molecule has 0 fully saturated rings. The van der Waals surface area contributed by atoms with Crippen LogP contribution in [0.4, 0.5) is 0 Å². The maximum atomic E-state index is 10.4. The van der Waals surface area contributed by atoms with Crippen molar-refractivity contribution in [3.8, 4) is 17.2 Å². The van der Waals surface area contributed by atoms with Gasteiger partial charge in [-0.25, -0.2) is 0 Å². The highest BCUT2D eigenvalue weighted by Gasteiger charge is 2.21. The molecule has 1 aliphatic rings. The number of phenols is 1. The summed E-state index contributed by atoms with van der Waals surface area (Å²) >= 11 is 0. The molecule has 38 heavy (non-hydrogen) atoms. The van der Waals surface area contributed by atoms with Gasteiger partial charge in [-0.2, -0.15) is 0 Å². The third-order valence-corrected chi connectivity index (χ3v) is 5.73. The summed E-state index contributed by atoms with van der Waals surface area (Å²) in [6.45, 7) is 3.29. The summed E-state index contributed by atoms with van der Waals surface area (Å²) in [7, 11) is 0. The third kappa shape index (κ3) is 9.35. The lowest BCUT2D eigenvalue weighted by molar-refractivity contribution is -0.134. The van der Waals surface area contributed by atoms with E-state index in [1.807, 2.05) is 48.5 Å². The number of carbonyl (C=O) groups is 1. The number of hydrogen-bond acceptors (Lipinski definition) is 8. The van der Waals surface area contributed by atoms with Crippen LogP contribution in [0, 0.1) is 0 Å². The summed E-state index contributed by atoms with van der Waals surface area (Å²) in [4.78, 5) is 9.00. The summed E-state index contributed by atoms with van der Waals surface area (Å²) in [5.74, 6) is 0.645. The second kappa shape index (κ2) is 14.9. The molecular weight excluding hydrogens is 490 g/mol. The van der Waals surface area contributed by atoms with Crippen LogP contribution >= 0.6 is 0 Å². The Morgan fingerprint density at radius 2 is 1.84 bits per heavy atom. The minimum atomic E-state index is -0.833. The number of nitrogens with one attached hydrogen (secondary N) is 1. The Morgan fingerprint density at radius 1 is 1.08 bits per heavy atom. The van der Waals surface area contributed by atoms with Crippen LogP contribution in [0.1, 0.15) is 35.3 Å². The summed E-state index contributed by atoms with van der Waals surface area (Å²) < 4.78 is 17.7. The molecular formula is C29H35NO8. The van der Waals surface area contributed by atoms with E-state index in [1.54, 1.807) is 12.1 Å². The number of ether oxygens (including phenoxy) is 3. The molecule has 204 valence electrons. The second-order valence-corrected chi connectivity index (χ2v) is 8.87. The number of aliphatic hydroxyl groups excluding tert-OH is 2. The smallest absolute Gasteiger partial charge is 0.300 e. The van der Waals surface area contributed by atoms with Gasteiger partial charge in [0, 0.05) is 19.0 Å². The predicted octanol–water partition coefficient (Wildman–Crippen LogP) is 3.20. The number of benzene rings is 3. The predicted molar refractivity (Wildman–Crippen MR) is 141 cm³/mol. The summed E-state index contributed by atoms with van der Waals surface area (Å²) in [5.41, 5.74) is 3.27. The summed E-state index contributed by atoms with van der Waals surface area (Å²) in [6.07, 6.45) is -0.132. The molecule has 9 nitrogen and oxygen atoms in total. The van der Waals surface area contributed by atoms with Crippen LogP contribution in [-0.2, 0) is 29.2 Å². The van der Waals surface area contributed by atoms with Crippen LogP contribution in [0.15, 0.2) is 66.7 Å². The van der Waals surface area contributed by atoms with E-state index < -0.39 is 12.1 Å². The lowest BCUT2D eigenvalue weighted by Crippen LogP contribution is -2.33. The Labute approximate surface area is 222 Å². The number of aromatic hydroxyl groups is 1. The molecule has 0 radical (unpaired) electrons. The van der Waals surface area contributed by atoms with Crippen LogP contribution in [0.2, 0.25) is 0 Å². The van der Waals surface area contributed by atoms with E-state index >= 15 is 0 Å². The number of aliphatic hydroxyl groups is 2. The average molecular weight is 526 g/mol. The van der Waals surface area contributed by atoms with Crippen LogP contribution < -0.4 is 14.8 Å². The zero-order valence-corrected chi connectivity index (χ0v) is 21.4. The molecule has 0 aromatic heterocycles. The standard InChI is InChI=1S/C27H31NO6.C2H4O2/c29-15-22-13-21(7-8-24(22)30)25(31)14-28-11-10-19-6-9-26-27(12-19)34-23(18-33-26)17-32-16-20-4-2-1-3-5-20;1-2(3)4/h1-9,12-13,23,25,28-31H,10-11,14-18H2;1H3,(H,3,4)/t23-,25-;/m0./s1. The molecule has 2 atom stereocenters. The van der Waals surface area contributed by atoms with Gasteiger partial charge in [0.25, 0.3) is 5.97 Å². The van der Waals surface area contributed by atoms with E-state index in [-0.39, 0.29) is 18.5 Å². The van der Waals surface area contributed by atoms with Crippen molar-refractivity contribution in [2.45, 2.75) is 38.8 Å². The van der Waals surface area contributed by atoms with Gasteiger partial charge in [0.15, 0.2) is 17.6 Å². The molecule has 5 N–H and O–H groups in total. The van der Waals surface area contributed by atoms with Crippen LogP contribution in [0.3, 0.4) is 0 Å². The SMILES string of the molecule is CC(=O)O.OCc1cc([C@@H](O)CNCCc2ccc3c(c2)O[C@@H](COCc2ccccc2)CO3)ccc1O. The van der Waals surface area contributed by atoms with Gasteiger partial charge in [0.05, 0.1) is 25.9 Å². The normalized spacial score (nSPS) is 14.8. The van der Waals surface area contributed by atoms with Crippen molar-refractivity contribution < 1.29 is 39.4 Å². The molecule has 0 unspecified atom stereocenters. The monoisotopic (exact) mass is 525 g/mol. The van der Waals surface area contributed by atoms with E-state index in [2.05, 4.69) is 5.32 Å². The van der Waals surface area contributed by atoms with E-state index in [4.69, 9.17) is 24.1 Å². The Morgan fingerprint density at radius 3 is 2.58 bits per heavy atom. The first kappa shape index (κ1) is 28.9. The van der Waals surface area contributed by atoms with Gasteiger partial charge in [0.1, 0.15) is 12.4 Å². The number of aliphatic carboxylic acids is 1. The van der Waals surface area contributed by atoms with Gasteiger partial charge in [0.2, 0.25) is 0 Å². The number of fused-ring (bicyclic) bond motifs is 1. The van der Waals surface area contributed by atoms with Crippen molar-refractivity contribution in [1.82, 2.24) is 5.32 Å². The maximum Gasteiger partial charge on any atom is 0.300 e. The van der Waals surface area contributed by atoms with Crippen molar-refractivity contribution in [2.24, 2.45) is 0 Å². The summed E-state index contributed by atoms with van der Waals surface area (Å²) in [6, 6.07) is 20.7. The fourth-order valence-corrected chi connectivity index (χ4v) is 3.81. The lowest BCUT2D eigenvalue weighted by Gasteiger charge is -2.27. The Bertz CT molecular complexity index is 1150. The second-order valence-electron chi connectivity index (χ2n) is 8.87. The van der Waals surface area contributed by atoms with E-state index in [0.717, 1.165) is 36.0 Å². The van der Waals surface area contributed by atoms with E-state index in [1.165, 1.54) is 6.07 Å². The van der Waals surface area contributed by atoms with E-state index in [0.29, 0.717) is 44.0 Å². The number of carboxylic acid groups (broad SMARTS) is 1. The van der Waals surface area contributed by atoms with Crippen LogP contribution in [-0.4, -0.2) is 58.8 Å². The molecule has 0 amide bonds. The Balaban J connectivity index is 0.000000934. The van der Waals surface area contributed by atoms with Gasteiger partial charge in [-0.15, -0.1) is 0 Å². The highest BCUT2D eigenvalue weighted by atomic mass is 16.6. The molecule has 1 heterocycles. The molecule has 1 aliphatic heterocycles. The van der Waals surface area contributed by atoms with Crippen LogP contribution in [0.5, 0.6) is 17.2 Å². The Kier molecular flexibility index (Phi) is 11.4. The topological polar surface area (TPSA) is 138 Å². The van der Waals surface area contributed by atoms with Crippen molar-refractivity contribution in [3.05, 3.63) is 89.0 Å². The molecule has 0 spiro atoms. The minimum Gasteiger partial charge on any atom is -0.508 e. The molecule has 0 saturated heterocycles. The van der Waals surface area contributed by atoms with Crippen molar-refractivity contribution in [1.29, 1.82) is 0 Å².